The van der Waals surface area contributed by atoms with Gasteiger partial charge in [-0.2, -0.15) is 0 Å². The third kappa shape index (κ3) is 11.4. The van der Waals surface area contributed by atoms with E-state index in [0.29, 0.717) is 6.61 Å². The third-order valence-electron chi connectivity index (χ3n) is 3.96. The van der Waals surface area contributed by atoms with E-state index in [1.54, 1.807) is 0 Å². The number of unbranched alkanes of at least 4 members (excludes halogenated alkanes) is 1. The van der Waals surface area contributed by atoms with Gasteiger partial charge in [0.1, 0.15) is 0 Å². The van der Waals surface area contributed by atoms with Crippen molar-refractivity contribution in [1.82, 2.24) is 0 Å². The van der Waals surface area contributed by atoms with Crippen LogP contribution in [0, 0.1) is 0 Å². The van der Waals surface area contributed by atoms with E-state index in [1.807, 2.05) is 0 Å². The molecule has 0 radical (unpaired) electrons. The van der Waals surface area contributed by atoms with Crippen molar-refractivity contribution in [2.75, 3.05) is 6.61 Å². The highest BCUT2D eigenvalue weighted by Crippen LogP contribution is 2.27. The van der Waals surface area contributed by atoms with Gasteiger partial charge in [0.2, 0.25) is 0 Å². The van der Waals surface area contributed by atoms with Gasteiger partial charge in [0, 0.05) is 23.1 Å². The summed E-state index contributed by atoms with van der Waals surface area (Å²) in [6.07, 6.45) is 3.61. The number of carbonyl (C=O) groups excluding carboxylic acids is 1. The van der Waals surface area contributed by atoms with Gasteiger partial charge in [-0.3, -0.25) is 4.79 Å². The second-order valence-electron chi connectivity index (χ2n) is 7.38. The molecule has 0 bridgehead atoms. The minimum Gasteiger partial charge on any atom is -0.466 e. The summed E-state index contributed by atoms with van der Waals surface area (Å²) in [5, 5.41) is 0. The Morgan fingerprint density at radius 1 is 0.895 bits per heavy atom. The average Bonchev–Trinajstić information content (AvgIpc) is 2.26. The van der Waals surface area contributed by atoms with Gasteiger partial charge in [-0.15, -0.1) is 0 Å². The molecule has 0 aliphatic heterocycles. The van der Waals surface area contributed by atoms with E-state index in [9.17, 15) is 4.79 Å². The van der Waals surface area contributed by atoms with Crippen molar-refractivity contribution in [2.24, 2.45) is 0 Å². The quantitative estimate of drug-likeness (QED) is 0.317. The molecule has 0 saturated carbocycles. The van der Waals surface area contributed by atoms with Crippen LogP contribution in [0.1, 0.15) is 33.1 Å². The van der Waals surface area contributed by atoms with Gasteiger partial charge in [-0.05, 0) is 6.42 Å². The molecule has 114 valence electrons. The average molecular weight is 303 g/mol. The Kier molecular flexibility index (Phi) is 8.91. The Balaban J connectivity index is 3.82. The van der Waals surface area contributed by atoms with Crippen molar-refractivity contribution in [3.63, 3.8) is 0 Å². The lowest BCUT2D eigenvalue weighted by molar-refractivity contribution is -0.141. The van der Waals surface area contributed by atoms with Crippen LogP contribution in [0.25, 0.3) is 0 Å². The van der Waals surface area contributed by atoms with Crippen LogP contribution in [0.4, 0.5) is 0 Å². The summed E-state index contributed by atoms with van der Waals surface area (Å²) in [5.41, 5.74) is 0. The van der Waals surface area contributed by atoms with E-state index in [-0.39, 0.29) is 5.97 Å². The van der Waals surface area contributed by atoms with Gasteiger partial charge < -0.3 is 4.74 Å². The molecule has 0 aliphatic rings. The minimum atomic E-state index is -1.03. The Bertz CT molecular complexity index is 263. The smallest absolute Gasteiger partial charge is 0.302 e. The Morgan fingerprint density at radius 3 is 1.89 bits per heavy atom. The van der Waals surface area contributed by atoms with E-state index in [1.165, 1.54) is 43.9 Å². The summed E-state index contributed by atoms with van der Waals surface area (Å²) < 4.78 is 4.99. The van der Waals surface area contributed by atoms with E-state index in [4.69, 9.17) is 4.74 Å². The minimum absolute atomic E-state index is 0.149. The summed E-state index contributed by atoms with van der Waals surface area (Å²) in [7, 11) is -1.94. The van der Waals surface area contributed by atoms with Crippen LogP contribution in [-0.2, 0) is 9.53 Å². The maximum Gasteiger partial charge on any atom is 0.302 e. The molecule has 0 rings (SSSR count). The van der Waals surface area contributed by atoms with Crippen molar-refractivity contribution >= 4 is 22.1 Å². The third-order valence-corrected chi connectivity index (χ3v) is 11.2. The molecule has 19 heavy (non-hydrogen) atoms. The summed E-state index contributed by atoms with van der Waals surface area (Å²) in [6, 6.07) is 5.85. The maximum atomic E-state index is 10.7. The molecule has 0 N–H and O–H groups in total. The van der Waals surface area contributed by atoms with Crippen LogP contribution < -0.4 is 0 Å². The highest BCUT2D eigenvalue weighted by molar-refractivity contribution is 6.82. The molecule has 0 saturated heterocycles. The van der Waals surface area contributed by atoms with Crippen molar-refractivity contribution < 1.29 is 9.53 Å². The van der Waals surface area contributed by atoms with E-state index in [0.717, 1.165) is 6.42 Å². The van der Waals surface area contributed by atoms with Crippen LogP contribution >= 0.6 is 0 Å². The molecule has 0 aromatic carbocycles. The zero-order chi connectivity index (χ0) is 14.9. The van der Waals surface area contributed by atoms with Gasteiger partial charge in [0.05, 0.1) is 6.61 Å². The van der Waals surface area contributed by atoms with Crippen LogP contribution in [0.5, 0.6) is 0 Å². The second kappa shape index (κ2) is 8.95. The number of hydrogen-bond donors (Lipinski definition) is 0. The first-order valence-electron chi connectivity index (χ1n) is 7.82. The van der Waals surface area contributed by atoms with E-state index >= 15 is 0 Å². The van der Waals surface area contributed by atoms with Crippen molar-refractivity contribution in [2.45, 2.75) is 83.5 Å². The first-order chi connectivity index (χ1) is 8.68. The molecule has 0 unspecified atom stereocenters. The summed E-state index contributed by atoms with van der Waals surface area (Å²) in [6.45, 7) is 14.5. The molecule has 0 fully saturated rings. The predicted octanol–water partition coefficient (Wildman–Crippen LogP) is 5.16. The van der Waals surface area contributed by atoms with Gasteiger partial charge >= 0.3 is 5.97 Å². The molecule has 0 spiro atoms. The Morgan fingerprint density at radius 2 is 1.42 bits per heavy atom. The molecule has 2 nitrogen and oxygen atoms in total. The second-order valence-corrected chi connectivity index (χ2v) is 18.0. The monoisotopic (exact) mass is 302 g/mol. The molecule has 0 aliphatic carbocycles. The van der Waals surface area contributed by atoms with Crippen molar-refractivity contribution in [3.8, 4) is 0 Å². The summed E-state index contributed by atoms with van der Waals surface area (Å²) >= 11 is 0. The van der Waals surface area contributed by atoms with Gasteiger partial charge in [-0.1, -0.05) is 70.1 Å². The molecule has 4 heteroatoms. The van der Waals surface area contributed by atoms with Crippen LogP contribution in [-0.4, -0.2) is 28.7 Å². The van der Waals surface area contributed by atoms with E-state index in [2.05, 4.69) is 33.1 Å². The highest BCUT2D eigenvalue weighted by Gasteiger charge is 2.26. The molecule has 0 atom stereocenters. The summed E-state index contributed by atoms with van der Waals surface area (Å²) in [5.74, 6) is -0.149. The number of ether oxygens (including phenoxy) is 1. The fourth-order valence-electron chi connectivity index (χ4n) is 2.53. The van der Waals surface area contributed by atoms with E-state index < -0.39 is 16.1 Å². The standard InChI is InChI=1S/C15H34O2Si2/c1-7-11-18(3,4)13-14-19(5,6)12-9-8-10-17-15(2)16/h7-14H2,1-6H3. The number of rotatable bonds is 10. The summed E-state index contributed by atoms with van der Waals surface area (Å²) in [4.78, 5) is 10.7. The van der Waals surface area contributed by atoms with Crippen molar-refractivity contribution in [1.29, 1.82) is 0 Å². The molecular formula is C15H34O2Si2. The molecule has 0 heterocycles. The fourth-order valence-corrected chi connectivity index (χ4v) is 11.0. The largest absolute Gasteiger partial charge is 0.466 e. The molecule has 0 amide bonds. The van der Waals surface area contributed by atoms with Crippen molar-refractivity contribution in [3.05, 3.63) is 0 Å². The van der Waals surface area contributed by atoms with Gasteiger partial charge in [0.15, 0.2) is 0 Å². The lowest BCUT2D eigenvalue weighted by Crippen LogP contribution is -2.32. The fraction of sp³-hybridized carbons (Fsp3) is 0.933. The normalized spacial score (nSPS) is 12.5. The lowest BCUT2D eigenvalue weighted by Gasteiger charge is -2.28. The topological polar surface area (TPSA) is 26.3 Å². The molecule has 0 aromatic rings. The zero-order valence-corrected chi connectivity index (χ0v) is 16.0. The predicted molar refractivity (Wildman–Crippen MR) is 90.4 cm³/mol. The molecule has 0 aromatic heterocycles. The Hall–Kier alpha value is -0.0962. The first-order valence-corrected chi connectivity index (χ1v) is 14.6. The zero-order valence-electron chi connectivity index (χ0n) is 14.0. The maximum absolute atomic E-state index is 10.7. The van der Waals surface area contributed by atoms with Crippen LogP contribution in [0.3, 0.4) is 0 Å². The van der Waals surface area contributed by atoms with Gasteiger partial charge in [-0.25, -0.2) is 0 Å². The van der Waals surface area contributed by atoms with Crippen LogP contribution in [0.15, 0.2) is 0 Å². The SMILES string of the molecule is CCC[Si](C)(C)CC[Si](C)(C)CCCCOC(C)=O. The lowest BCUT2D eigenvalue weighted by atomic mass is 10.4. The number of hydrogen-bond acceptors (Lipinski definition) is 2. The highest BCUT2D eigenvalue weighted by atomic mass is 28.3. The Labute approximate surface area is 122 Å². The van der Waals surface area contributed by atoms with Crippen LogP contribution in [0.2, 0.25) is 50.4 Å². The first kappa shape index (κ1) is 18.9. The van der Waals surface area contributed by atoms with Gasteiger partial charge in [0.25, 0.3) is 0 Å². The number of esters is 1. The number of carbonyl (C=O) groups is 1. The molecular weight excluding hydrogens is 268 g/mol.